The lowest BCUT2D eigenvalue weighted by molar-refractivity contribution is 0.527. The SMILES string of the molecule is C=C(C)CC(NCCC)c1cc(C)cc(C)c1. The van der Waals surface area contributed by atoms with E-state index >= 15 is 0 Å². The third-order valence-electron chi connectivity index (χ3n) is 2.84. The zero-order valence-electron chi connectivity index (χ0n) is 11.6. The normalized spacial score (nSPS) is 12.5. The zero-order chi connectivity index (χ0) is 12.8. The van der Waals surface area contributed by atoms with Crippen LogP contribution in [0.15, 0.2) is 30.4 Å². The Balaban J connectivity index is 2.90. The van der Waals surface area contributed by atoms with Gasteiger partial charge in [-0.15, -0.1) is 6.58 Å². The molecule has 0 aliphatic carbocycles. The smallest absolute Gasteiger partial charge is 0.0357 e. The third-order valence-corrected chi connectivity index (χ3v) is 2.84. The number of benzene rings is 1. The Morgan fingerprint density at radius 3 is 2.29 bits per heavy atom. The second-order valence-electron chi connectivity index (χ2n) is 5.09. The highest BCUT2D eigenvalue weighted by Crippen LogP contribution is 2.22. The van der Waals surface area contributed by atoms with Crippen LogP contribution in [0.3, 0.4) is 0 Å². The van der Waals surface area contributed by atoms with E-state index in [1.807, 2.05) is 0 Å². The zero-order valence-corrected chi connectivity index (χ0v) is 11.6. The molecule has 0 heterocycles. The molecule has 1 N–H and O–H groups in total. The van der Waals surface area contributed by atoms with E-state index in [2.05, 4.69) is 57.8 Å². The maximum atomic E-state index is 4.03. The van der Waals surface area contributed by atoms with E-state index in [0.717, 1.165) is 19.4 Å². The summed E-state index contributed by atoms with van der Waals surface area (Å²) in [5, 5.41) is 3.61. The van der Waals surface area contributed by atoms with Gasteiger partial charge < -0.3 is 5.32 Å². The Kier molecular flexibility index (Phi) is 5.43. The molecule has 0 aliphatic rings. The minimum atomic E-state index is 0.408. The van der Waals surface area contributed by atoms with Gasteiger partial charge in [-0.05, 0) is 45.7 Å². The fraction of sp³-hybridized carbons (Fsp3) is 0.500. The molecule has 0 fully saturated rings. The monoisotopic (exact) mass is 231 g/mol. The Morgan fingerprint density at radius 2 is 1.82 bits per heavy atom. The summed E-state index contributed by atoms with van der Waals surface area (Å²) in [6, 6.07) is 7.19. The largest absolute Gasteiger partial charge is 0.310 e. The first-order valence-corrected chi connectivity index (χ1v) is 6.49. The summed E-state index contributed by atoms with van der Waals surface area (Å²) in [5.74, 6) is 0. The number of aryl methyl sites for hydroxylation is 2. The van der Waals surface area contributed by atoms with Crippen LogP contribution >= 0.6 is 0 Å². The highest BCUT2D eigenvalue weighted by atomic mass is 14.9. The first-order chi connectivity index (χ1) is 8.02. The van der Waals surface area contributed by atoms with Gasteiger partial charge in [-0.1, -0.05) is 41.8 Å². The van der Waals surface area contributed by atoms with Crippen molar-refractivity contribution in [1.82, 2.24) is 5.32 Å². The first-order valence-electron chi connectivity index (χ1n) is 6.49. The molecule has 0 amide bonds. The van der Waals surface area contributed by atoms with Gasteiger partial charge in [0.2, 0.25) is 0 Å². The average Bonchev–Trinajstić information content (AvgIpc) is 2.22. The van der Waals surface area contributed by atoms with E-state index in [1.54, 1.807) is 0 Å². The number of hydrogen-bond donors (Lipinski definition) is 1. The highest BCUT2D eigenvalue weighted by Gasteiger charge is 2.11. The van der Waals surface area contributed by atoms with Crippen LogP contribution in [0, 0.1) is 13.8 Å². The minimum Gasteiger partial charge on any atom is -0.310 e. The highest BCUT2D eigenvalue weighted by molar-refractivity contribution is 5.31. The topological polar surface area (TPSA) is 12.0 Å². The Bertz CT molecular complexity index is 359. The molecule has 0 aliphatic heterocycles. The van der Waals surface area contributed by atoms with E-state index in [0.29, 0.717) is 6.04 Å². The van der Waals surface area contributed by atoms with Crippen molar-refractivity contribution in [1.29, 1.82) is 0 Å². The summed E-state index contributed by atoms with van der Waals surface area (Å²) >= 11 is 0. The second kappa shape index (κ2) is 6.61. The van der Waals surface area contributed by atoms with E-state index in [1.165, 1.54) is 22.3 Å². The van der Waals surface area contributed by atoms with Gasteiger partial charge in [0.1, 0.15) is 0 Å². The number of rotatable bonds is 6. The van der Waals surface area contributed by atoms with Crippen LogP contribution in [-0.2, 0) is 0 Å². The molecule has 0 aromatic heterocycles. The Hall–Kier alpha value is -1.08. The van der Waals surface area contributed by atoms with E-state index in [9.17, 15) is 0 Å². The van der Waals surface area contributed by atoms with Crippen molar-refractivity contribution >= 4 is 0 Å². The molecular weight excluding hydrogens is 206 g/mol. The lowest BCUT2D eigenvalue weighted by Crippen LogP contribution is -2.22. The van der Waals surface area contributed by atoms with Gasteiger partial charge in [0.05, 0.1) is 0 Å². The molecule has 1 aromatic carbocycles. The van der Waals surface area contributed by atoms with Crippen LogP contribution in [0.2, 0.25) is 0 Å². The predicted octanol–water partition coefficient (Wildman–Crippen LogP) is 4.31. The molecule has 1 atom stereocenters. The van der Waals surface area contributed by atoms with Gasteiger partial charge >= 0.3 is 0 Å². The Labute approximate surface area is 106 Å². The molecule has 0 radical (unpaired) electrons. The summed E-state index contributed by atoms with van der Waals surface area (Å²) in [6.07, 6.45) is 2.18. The summed E-state index contributed by atoms with van der Waals surface area (Å²) in [7, 11) is 0. The van der Waals surface area contributed by atoms with Crippen LogP contribution < -0.4 is 5.32 Å². The molecule has 1 aromatic rings. The van der Waals surface area contributed by atoms with Crippen molar-refractivity contribution in [2.75, 3.05) is 6.54 Å². The molecule has 17 heavy (non-hydrogen) atoms. The quantitative estimate of drug-likeness (QED) is 0.719. The van der Waals surface area contributed by atoms with E-state index in [4.69, 9.17) is 0 Å². The number of hydrogen-bond acceptors (Lipinski definition) is 1. The minimum absolute atomic E-state index is 0.408. The van der Waals surface area contributed by atoms with Crippen molar-refractivity contribution < 1.29 is 0 Å². The summed E-state index contributed by atoms with van der Waals surface area (Å²) in [5.41, 5.74) is 5.30. The second-order valence-corrected chi connectivity index (χ2v) is 5.09. The molecule has 1 rings (SSSR count). The van der Waals surface area contributed by atoms with Crippen LogP contribution in [0.1, 0.15) is 49.4 Å². The molecule has 1 unspecified atom stereocenters. The molecule has 0 saturated carbocycles. The van der Waals surface area contributed by atoms with Crippen molar-refractivity contribution in [3.05, 3.63) is 47.0 Å². The van der Waals surface area contributed by atoms with Crippen molar-refractivity contribution in [2.45, 2.75) is 46.6 Å². The van der Waals surface area contributed by atoms with E-state index in [-0.39, 0.29) is 0 Å². The number of nitrogens with one attached hydrogen (secondary N) is 1. The van der Waals surface area contributed by atoms with Crippen LogP contribution in [0.4, 0.5) is 0 Å². The molecule has 0 saturated heterocycles. The van der Waals surface area contributed by atoms with Gasteiger partial charge in [-0.25, -0.2) is 0 Å². The molecular formula is C16H25N. The molecule has 0 spiro atoms. The molecule has 1 heteroatoms. The summed E-state index contributed by atoms with van der Waals surface area (Å²) in [4.78, 5) is 0. The molecule has 0 bridgehead atoms. The third kappa shape index (κ3) is 4.74. The van der Waals surface area contributed by atoms with Gasteiger partial charge in [0.15, 0.2) is 0 Å². The van der Waals surface area contributed by atoms with Gasteiger partial charge in [-0.2, -0.15) is 0 Å². The van der Waals surface area contributed by atoms with Crippen molar-refractivity contribution in [3.8, 4) is 0 Å². The van der Waals surface area contributed by atoms with Crippen LogP contribution in [-0.4, -0.2) is 6.54 Å². The van der Waals surface area contributed by atoms with Crippen molar-refractivity contribution in [3.63, 3.8) is 0 Å². The van der Waals surface area contributed by atoms with Gasteiger partial charge in [-0.3, -0.25) is 0 Å². The summed E-state index contributed by atoms with van der Waals surface area (Å²) < 4.78 is 0. The standard InChI is InChI=1S/C16H25N/c1-6-7-17-16(8-12(2)3)15-10-13(4)9-14(5)11-15/h9-11,16-17H,2,6-8H2,1,3-5H3. The first kappa shape index (κ1) is 14.0. The van der Waals surface area contributed by atoms with Crippen LogP contribution in [0.25, 0.3) is 0 Å². The summed E-state index contributed by atoms with van der Waals surface area (Å²) in [6.45, 7) is 13.7. The predicted molar refractivity (Wildman–Crippen MR) is 76.4 cm³/mol. The van der Waals surface area contributed by atoms with Crippen LogP contribution in [0.5, 0.6) is 0 Å². The van der Waals surface area contributed by atoms with Gasteiger partial charge in [0, 0.05) is 6.04 Å². The Morgan fingerprint density at radius 1 is 1.24 bits per heavy atom. The van der Waals surface area contributed by atoms with Gasteiger partial charge in [0.25, 0.3) is 0 Å². The fourth-order valence-electron chi connectivity index (χ4n) is 2.19. The van der Waals surface area contributed by atoms with Crippen molar-refractivity contribution in [2.24, 2.45) is 0 Å². The fourth-order valence-corrected chi connectivity index (χ4v) is 2.19. The molecule has 94 valence electrons. The van der Waals surface area contributed by atoms with E-state index < -0.39 is 0 Å². The lowest BCUT2D eigenvalue weighted by atomic mass is 9.97. The maximum absolute atomic E-state index is 4.03. The lowest BCUT2D eigenvalue weighted by Gasteiger charge is -2.20. The maximum Gasteiger partial charge on any atom is 0.0357 e. The average molecular weight is 231 g/mol. The molecule has 1 nitrogen and oxygen atoms in total.